The lowest BCUT2D eigenvalue weighted by atomic mass is 10.1. The number of hydrogen-bond donors (Lipinski definition) is 1. The standard InChI is InChI=1S/C19H18ClN3O3S/c20-17-9-8-16(27(25,26)23-10-2-1-3-11-23)12-18(17)22-19(24)15-6-4-14(13-21)5-7-15/h4-9,12H,1-3,10-11H2,(H,22,24). The van der Waals surface area contributed by atoms with E-state index in [2.05, 4.69) is 5.32 Å². The van der Waals surface area contributed by atoms with Gasteiger partial charge in [-0.2, -0.15) is 9.57 Å². The van der Waals surface area contributed by atoms with E-state index in [1.807, 2.05) is 6.07 Å². The Morgan fingerprint density at radius 1 is 1.07 bits per heavy atom. The topological polar surface area (TPSA) is 90.3 Å². The van der Waals surface area contributed by atoms with Crippen LogP contribution in [0.4, 0.5) is 5.69 Å². The van der Waals surface area contributed by atoms with Crippen LogP contribution in [0.1, 0.15) is 35.2 Å². The molecule has 0 unspecified atom stereocenters. The summed E-state index contributed by atoms with van der Waals surface area (Å²) in [4.78, 5) is 12.5. The number of nitrogens with zero attached hydrogens (tertiary/aromatic N) is 2. The van der Waals surface area contributed by atoms with Crippen molar-refractivity contribution in [1.29, 1.82) is 5.26 Å². The first kappa shape index (κ1) is 19.4. The maximum Gasteiger partial charge on any atom is 0.255 e. The van der Waals surface area contributed by atoms with Gasteiger partial charge in [-0.15, -0.1) is 0 Å². The quantitative estimate of drug-likeness (QED) is 0.843. The van der Waals surface area contributed by atoms with Crippen LogP contribution >= 0.6 is 11.6 Å². The van der Waals surface area contributed by atoms with Crippen LogP contribution in [0.2, 0.25) is 5.02 Å². The molecule has 27 heavy (non-hydrogen) atoms. The van der Waals surface area contributed by atoms with Crippen LogP contribution in [0.25, 0.3) is 0 Å². The average molecular weight is 404 g/mol. The summed E-state index contributed by atoms with van der Waals surface area (Å²) in [6.07, 6.45) is 2.71. The maximum absolute atomic E-state index is 12.8. The highest BCUT2D eigenvalue weighted by Gasteiger charge is 2.26. The molecule has 1 aliphatic heterocycles. The first-order chi connectivity index (χ1) is 12.9. The van der Waals surface area contributed by atoms with Gasteiger partial charge in [0.05, 0.1) is 27.2 Å². The number of nitriles is 1. The third-order valence-electron chi connectivity index (χ3n) is 4.42. The second kappa shape index (κ2) is 8.09. The van der Waals surface area contributed by atoms with Crippen LogP contribution in [0.15, 0.2) is 47.4 Å². The number of carbonyl (C=O) groups is 1. The third kappa shape index (κ3) is 4.30. The molecule has 6 nitrogen and oxygen atoms in total. The molecule has 0 atom stereocenters. The van der Waals surface area contributed by atoms with Crippen LogP contribution in [-0.2, 0) is 10.0 Å². The largest absolute Gasteiger partial charge is 0.321 e. The number of benzene rings is 2. The van der Waals surface area contributed by atoms with Crippen molar-refractivity contribution in [3.63, 3.8) is 0 Å². The van der Waals surface area contributed by atoms with Crippen molar-refractivity contribution in [2.45, 2.75) is 24.2 Å². The summed E-state index contributed by atoms with van der Waals surface area (Å²) in [5.41, 5.74) is 1.01. The van der Waals surface area contributed by atoms with Crippen molar-refractivity contribution in [2.75, 3.05) is 18.4 Å². The van der Waals surface area contributed by atoms with E-state index >= 15 is 0 Å². The molecule has 1 heterocycles. The highest BCUT2D eigenvalue weighted by Crippen LogP contribution is 2.28. The average Bonchev–Trinajstić information content (AvgIpc) is 2.70. The number of nitrogens with one attached hydrogen (secondary N) is 1. The molecular formula is C19H18ClN3O3S. The molecule has 1 amide bonds. The van der Waals surface area contributed by atoms with Crippen molar-refractivity contribution in [2.24, 2.45) is 0 Å². The molecule has 0 spiro atoms. The predicted octanol–water partition coefficient (Wildman–Crippen LogP) is 3.64. The lowest BCUT2D eigenvalue weighted by molar-refractivity contribution is 0.102. The van der Waals surface area contributed by atoms with Gasteiger partial charge < -0.3 is 5.32 Å². The Balaban J connectivity index is 1.84. The Morgan fingerprint density at radius 3 is 2.37 bits per heavy atom. The van der Waals surface area contributed by atoms with Gasteiger partial charge in [-0.05, 0) is 55.3 Å². The monoisotopic (exact) mass is 403 g/mol. The molecule has 140 valence electrons. The molecule has 3 rings (SSSR count). The van der Waals surface area contributed by atoms with Crippen LogP contribution in [0, 0.1) is 11.3 Å². The van der Waals surface area contributed by atoms with E-state index < -0.39 is 15.9 Å². The van der Waals surface area contributed by atoms with Crippen molar-refractivity contribution >= 4 is 33.2 Å². The lowest BCUT2D eigenvalue weighted by Gasteiger charge is -2.26. The van der Waals surface area contributed by atoms with Crippen molar-refractivity contribution in [3.8, 4) is 6.07 Å². The number of piperidine rings is 1. The number of hydrogen-bond acceptors (Lipinski definition) is 4. The minimum absolute atomic E-state index is 0.101. The molecule has 0 saturated carbocycles. The minimum Gasteiger partial charge on any atom is -0.321 e. The van der Waals surface area contributed by atoms with E-state index in [4.69, 9.17) is 16.9 Å². The zero-order valence-corrected chi connectivity index (χ0v) is 16.1. The van der Waals surface area contributed by atoms with Gasteiger partial charge in [-0.25, -0.2) is 8.42 Å². The number of amides is 1. The summed E-state index contributed by atoms with van der Waals surface area (Å²) in [7, 11) is -3.62. The van der Waals surface area contributed by atoms with Crippen LogP contribution in [0.3, 0.4) is 0 Å². The maximum atomic E-state index is 12.8. The number of rotatable bonds is 4. The second-order valence-corrected chi connectivity index (χ2v) is 8.59. The highest BCUT2D eigenvalue weighted by molar-refractivity contribution is 7.89. The predicted molar refractivity (Wildman–Crippen MR) is 103 cm³/mol. The second-order valence-electron chi connectivity index (χ2n) is 6.25. The molecule has 1 saturated heterocycles. The lowest BCUT2D eigenvalue weighted by Crippen LogP contribution is -2.35. The van der Waals surface area contributed by atoms with Crippen molar-refractivity contribution in [1.82, 2.24) is 4.31 Å². The molecule has 1 aliphatic rings. The van der Waals surface area contributed by atoms with Crippen LogP contribution < -0.4 is 5.32 Å². The van der Waals surface area contributed by atoms with Gasteiger partial charge >= 0.3 is 0 Å². The van der Waals surface area contributed by atoms with E-state index in [0.717, 1.165) is 19.3 Å². The zero-order chi connectivity index (χ0) is 19.4. The Labute approximate surface area is 163 Å². The normalized spacial score (nSPS) is 15.1. The Kier molecular flexibility index (Phi) is 5.80. The molecule has 0 aromatic heterocycles. The summed E-state index contributed by atoms with van der Waals surface area (Å²) < 4.78 is 27.1. The molecule has 1 fully saturated rings. The molecule has 2 aromatic carbocycles. The van der Waals surface area contributed by atoms with Crippen LogP contribution in [0.5, 0.6) is 0 Å². The third-order valence-corrected chi connectivity index (χ3v) is 6.64. The summed E-state index contributed by atoms with van der Waals surface area (Å²) in [6, 6.07) is 12.4. The van der Waals surface area contributed by atoms with Gasteiger partial charge in [0.2, 0.25) is 10.0 Å². The SMILES string of the molecule is N#Cc1ccc(C(=O)Nc2cc(S(=O)(=O)N3CCCCC3)ccc2Cl)cc1. The van der Waals surface area contributed by atoms with Crippen LogP contribution in [-0.4, -0.2) is 31.7 Å². The molecule has 0 bridgehead atoms. The molecule has 0 aliphatic carbocycles. The minimum atomic E-state index is -3.62. The van der Waals surface area contributed by atoms with Gasteiger partial charge in [-0.1, -0.05) is 18.0 Å². The Bertz CT molecular complexity index is 992. The molecular weight excluding hydrogens is 386 g/mol. The van der Waals surface area contributed by atoms with E-state index in [9.17, 15) is 13.2 Å². The fraction of sp³-hybridized carbons (Fsp3) is 0.263. The summed E-state index contributed by atoms with van der Waals surface area (Å²) in [5, 5.41) is 11.7. The van der Waals surface area contributed by atoms with Gasteiger partial charge in [0.1, 0.15) is 0 Å². The summed E-state index contributed by atoms with van der Waals surface area (Å²) in [6.45, 7) is 0.996. The van der Waals surface area contributed by atoms with Gasteiger partial charge in [-0.3, -0.25) is 4.79 Å². The molecule has 0 radical (unpaired) electrons. The number of anilines is 1. The summed E-state index contributed by atoms with van der Waals surface area (Å²) >= 11 is 6.15. The first-order valence-electron chi connectivity index (χ1n) is 8.53. The number of carbonyl (C=O) groups excluding carboxylic acids is 1. The van der Waals surface area contributed by atoms with Gasteiger partial charge in [0, 0.05) is 18.7 Å². The van der Waals surface area contributed by atoms with Crippen molar-refractivity contribution in [3.05, 3.63) is 58.6 Å². The Morgan fingerprint density at radius 2 is 1.74 bits per heavy atom. The molecule has 2 aromatic rings. The molecule has 8 heteroatoms. The van der Waals surface area contributed by atoms with E-state index in [1.165, 1.54) is 46.8 Å². The fourth-order valence-corrected chi connectivity index (χ4v) is 4.61. The van der Waals surface area contributed by atoms with E-state index in [-0.39, 0.29) is 15.6 Å². The number of halogens is 1. The fourth-order valence-electron chi connectivity index (χ4n) is 2.91. The number of sulfonamides is 1. The van der Waals surface area contributed by atoms with Gasteiger partial charge in [0.25, 0.3) is 5.91 Å². The summed E-state index contributed by atoms with van der Waals surface area (Å²) in [5.74, 6) is -0.436. The van der Waals surface area contributed by atoms with Gasteiger partial charge in [0.15, 0.2) is 0 Å². The van der Waals surface area contributed by atoms with E-state index in [0.29, 0.717) is 24.2 Å². The first-order valence-corrected chi connectivity index (χ1v) is 10.3. The van der Waals surface area contributed by atoms with Crippen molar-refractivity contribution < 1.29 is 13.2 Å². The Hall–Kier alpha value is -2.40. The van der Waals surface area contributed by atoms with E-state index in [1.54, 1.807) is 0 Å². The highest BCUT2D eigenvalue weighted by atomic mass is 35.5. The zero-order valence-electron chi connectivity index (χ0n) is 14.5. The molecule has 1 N–H and O–H groups in total. The smallest absolute Gasteiger partial charge is 0.255 e.